The molecule has 0 fully saturated rings. The Morgan fingerprint density at radius 3 is 2.88 bits per heavy atom. The first-order valence-electron chi connectivity index (χ1n) is 5.11. The summed E-state index contributed by atoms with van der Waals surface area (Å²) in [6.45, 7) is 4.52. The highest BCUT2D eigenvalue weighted by atomic mass is 32.2. The summed E-state index contributed by atoms with van der Waals surface area (Å²) in [6, 6.07) is 0. The zero-order valence-electron chi connectivity index (χ0n) is 9.65. The number of carboxylic acids is 1. The minimum atomic E-state index is -1.09. The molecule has 0 atom stereocenters. The summed E-state index contributed by atoms with van der Waals surface area (Å²) in [5, 5.41) is 9.27. The second kappa shape index (κ2) is 6.41. The summed E-state index contributed by atoms with van der Waals surface area (Å²) < 4.78 is 5.13. The lowest BCUT2D eigenvalue weighted by Gasteiger charge is -2.06. The zero-order valence-corrected chi connectivity index (χ0v) is 10.5. The van der Waals surface area contributed by atoms with Gasteiger partial charge in [-0.05, 0) is 13.8 Å². The molecule has 0 saturated heterocycles. The molecule has 0 amide bonds. The Morgan fingerprint density at radius 2 is 2.29 bits per heavy atom. The zero-order chi connectivity index (χ0) is 12.8. The van der Waals surface area contributed by atoms with Crippen molar-refractivity contribution in [2.24, 2.45) is 0 Å². The van der Waals surface area contributed by atoms with Crippen LogP contribution in [0.25, 0.3) is 0 Å². The van der Waals surface area contributed by atoms with Crippen LogP contribution in [0.3, 0.4) is 0 Å². The van der Waals surface area contributed by atoms with Gasteiger partial charge in [0.05, 0.1) is 6.61 Å². The van der Waals surface area contributed by atoms with Crippen LogP contribution in [0, 0.1) is 6.92 Å². The molecule has 1 aromatic rings. The molecule has 0 unspecified atom stereocenters. The van der Waals surface area contributed by atoms with Crippen LogP contribution in [0.2, 0.25) is 0 Å². The molecule has 1 aromatic heterocycles. The van der Waals surface area contributed by atoms with Crippen LogP contribution in [0.5, 0.6) is 0 Å². The van der Waals surface area contributed by atoms with E-state index >= 15 is 0 Å². The molecule has 0 bridgehead atoms. The first kappa shape index (κ1) is 13.7. The van der Waals surface area contributed by atoms with Crippen molar-refractivity contribution in [2.75, 3.05) is 19.0 Å². The van der Waals surface area contributed by atoms with Gasteiger partial charge in [0.15, 0.2) is 0 Å². The van der Waals surface area contributed by atoms with Gasteiger partial charge in [0, 0.05) is 18.1 Å². The number of aromatic amines is 1. The molecule has 0 aliphatic heterocycles. The van der Waals surface area contributed by atoms with Crippen molar-refractivity contribution in [1.82, 2.24) is 9.97 Å². The average Bonchev–Trinajstić information content (AvgIpc) is 2.22. The maximum atomic E-state index is 11.2. The van der Waals surface area contributed by atoms with Gasteiger partial charge < -0.3 is 14.8 Å². The number of rotatable bonds is 6. The Labute approximate surface area is 102 Å². The van der Waals surface area contributed by atoms with E-state index < -0.39 is 11.7 Å². The summed E-state index contributed by atoms with van der Waals surface area (Å²) in [5.74, 6) is -0.533. The Hall–Kier alpha value is -1.34. The van der Waals surface area contributed by atoms with Gasteiger partial charge in [-0.3, -0.25) is 0 Å². The molecule has 1 heterocycles. The van der Waals surface area contributed by atoms with Gasteiger partial charge in [0.25, 0.3) is 0 Å². The maximum Gasteiger partial charge on any atom is 0.346 e. The summed E-state index contributed by atoms with van der Waals surface area (Å²) in [5.41, 5.74) is -0.172. The highest BCUT2D eigenvalue weighted by Gasteiger charge is 2.16. The SMILES string of the molecule is CCOCCSc1nc(=O)[nH]c(C)c1C(=O)O. The largest absolute Gasteiger partial charge is 0.478 e. The standard InChI is InChI=1S/C10H14N2O4S/c1-3-16-4-5-17-8-7(9(13)14)6(2)11-10(15)12-8/h3-5H2,1-2H3,(H,13,14)(H,11,12,15). The monoisotopic (exact) mass is 258 g/mol. The fourth-order valence-electron chi connectivity index (χ4n) is 1.26. The third kappa shape index (κ3) is 3.86. The minimum Gasteiger partial charge on any atom is -0.478 e. The number of aryl methyl sites for hydroxylation is 1. The maximum absolute atomic E-state index is 11.2. The molecular weight excluding hydrogens is 244 g/mol. The Bertz CT molecular complexity index is 458. The number of carbonyl (C=O) groups is 1. The van der Waals surface area contributed by atoms with Gasteiger partial charge in [-0.15, -0.1) is 11.8 Å². The molecule has 17 heavy (non-hydrogen) atoms. The molecule has 0 radical (unpaired) electrons. The lowest BCUT2D eigenvalue weighted by molar-refractivity contribution is 0.0690. The Balaban J connectivity index is 2.89. The first-order valence-corrected chi connectivity index (χ1v) is 6.09. The smallest absolute Gasteiger partial charge is 0.346 e. The van der Waals surface area contributed by atoms with E-state index in [1.54, 1.807) is 6.92 Å². The number of hydrogen-bond donors (Lipinski definition) is 2. The van der Waals surface area contributed by atoms with Crippen LogP contribution < -0.4 is 5.69 Å². The predicted octanol–water partition coefficient (Wildman–Crippen LogP) is 0.905. The van der Waals surface area contributed by atoms with Gasteiger partial charge in [-0.1, -0.05) is 0 Å². The quantitative estimate of drug-likeness (QED) is 0.447. The van der Waals surface area contributed by atoms with Crippen LogP contribution in [-0.4, -0.2) is 40.0 Å². The number of aromatic nitrogens is 2. The highest BCUT2D eigenvalue weighted by molar-refractivity contribution is 7.99. The number of nitrogens with zero attached hydrogens (tertiary/aromatic N) is 1. The van der Waals surface area contributed by atoms with E-state index in [9.17, 15) is 9.59 Å². The molecule has 0 aliphatic rings. The Kier molecular flexibility index (Phi) is 5.17. The fraction of sp³-hybridized carbons (Fsp3) is 0.500. The van der Waals surface area contributed by atoms with E-state index in [1.165, 1.54) is 11.8 Å². The second-order valence-corrected chi connectivity index (χ2v) is 4.28. The molecular formula is C10H14N2O4S. The third-order valence-corrected chi connectivity index (χ3v) is 2.91. The van der Waals surface area contributed by atoms with Crippen molar-refractivity contribution in [3.63, 3.8) is 0 Å². The summed E-state index contributed by atoms with van der Waals surface area (Å²) in [4.78, 5) is 28.2. The van der Waals surface area contributed by atoms with Crippen LogP contribution in [0.4, 0.5) is 0 Å². The number of thioether (sulfide) groups is 1. The molecule has 94 valence electrons. The van der Waals surface area contributed by atoms with Crippen LogP contribution >= 0.6 is 11.8 Å². The minimum absolute atomic E-state index is 0.0473. The van der Waals surface area contributed by atoms with E-state index in [2.05, 4.69) is 9.97 Å². The van der Waals surface area contributed by atoms with Gasteiger partial charge in [-0.25, -0.2) is 9.59 Å². The first-order chi connectivity index (χ1) is 8.06. The summed E-state index contributed by atoms with van der Waals surface area (Å²) in [6.07, 6.45) is 0. The molecule has 0 aliphatic carbocycles. The van der Waals surface area contributed by atoms with Gasteiger partial charge in [0.2, 0.25) is 0 Å². The highest BCUT2D eigenvalue weighted by Crippen LogP contribution is 2.20. The number of H-pyrrole nitrogens is 1. The molecule has 7 heteroatoms. The van der Waals surface area contributed by atoms with E-state index in [0.29, 0.717) is 24.7 Å². The van der Waals surface area contributed by atoms with Gasteiger partial charge in [0.1, 0.15) is 10.6 Å². The number of nitrogens with one attached hydrogen (secondary N) is 1. The molecule has 0 saturated carbocycles. The molecule has 2 N–H and O–H groups in total. The topological polar surface area (TPSA) is 92.3 Å². The van der Waals surface area contributed by atoms with Crippen molar-refractivity contribution in [2.45, 2.75) is 18.9 Å². The average molecular weight is 258 g/mol. The normalized spacial score (nSPS) is 10.5. The van der Waals surface area contributed by atoms with Crippen molar-refractivity contribution >= 4 is 17.7 Å². The van der Waals surface area contributed by atoms with Crippen LogP contribution in [0.1, 0.15) is 23.0 Å². The number of aromatic carboxylic acids is 1. The number of carboxylic acid groups (broad SMARTS) is 1. The van der Waals surface area contributed by atoms with Crippen molar-refractivity contribution < 1.29 is 14.6 Å². The van der Waals surface area contributed by atoms with E-state index in [4.69, 9.17) is 9.84 Å². The van der Waals surface area contributed by atoms with Crippen molar-refractivity contribution in [1.29, 1.82) is 0 Å². The van der Waals surface area contributed by atoms with Crippen molar-refractivity contribution in [3.8, 4) is 0 Å². The molecule has 6 nitrogen and oxygen atoms in total. The summed E-state index contributed by atoms with van der Waals surface area (Å²) >= 11 is 1.21. The van der Waals surface area contributed by atoms with Crippen LogP contribution in [-0.2, 0) is 4.74 Å². The van der Waals surface area contributed by atoms with Gasteiger partial charge >= 0.3 is 11.7 Å². The van der Waals surface area contributed by atoms with E-state index in [-0.39, 0.29) is 10.6 Å². The lowest BCUT2D eigenvalue weighted by atomic mass is 10.2. The predicted molar refractivity (Wildman–Crippen MR) is 63.8 cm³/mol. The summed E-state index contributed by atoms with van der Waals surface area (Å²) in [7, 11) is 0. The van der Waals surface area contributed by atoms with Crippen molar-refractivity contribution in [3.05, 3.63) is 21.7 Å². The van der Waals surface area contributed by atoms with E-state index in [0.717, 1.165) is 0 Å². The third-order valence-electron chi connectivity index (χ3n) is 1.97. The van der Waals surface area contributed by atoms with Crippen LogP contribution in [0.15, 0.2) is 9.82 Å². The molecule has 0 aromatic carbocycles. The fourth-order valence-corrected chi connectivity index (χ4v) is 2.18. The lowest BCUT2D eigenvalue weighted by Crippen LogP contribution is -2.18. The number of ether oxygens (including phenoxy) is 1. The second-order valence-electron chi connectivity index (χ2n) is 3.20. The molecule has 1 rings (SSSR count). The molecule has 0 spiro atoms. The van der Waals surface area contributed by atoms with E-state index in [1.807, 2.05) is 6.92 Å². The van der Waals surface area contributed by atoms with Gasteiger partial charge in [-0.2, -0.15) is 4.98 Å². The number of hydrogen-bond acceptors (Lipinski definition) is 5. The Morgan fingerprint density at radius 1 is 1.59 bits per heavy atom.